The van der Waals surface area contributed by atoms with Crippen LogP contribution in [-0.4, -0.2) is 34.2 Å². The Morgan fingerprint density at radius 2 is 2.28 bits per heavy atom. The van der Waals surface area contributed by atoms with Gasteiger partial charge in [-0.05, 0) is 25.7 Å². The fourth-order valence-electron chi connectivity index (χ4n) is 2.17. The Kier molecular flexibility index (Phi) is 4.43. The number of thiocarbonyl (C=S) groups is 1. The summed E-state index contributed by atoms with van der Waals surface area (Å²) in [6.07, 6.45) is 5.29. The fourth-order valence-corrected chi connectivity index (χ4v) is 2.32. The third-order valence-corrected chi connectivity index (χ3v) is 3.54. The Balaban J connectivity index is 2.06. The van der Waals surface area contributed by atoms with Crippen LogP contribution < -0.4 is 11.1 Å². The quantitative estimate of drug-likeness (QED) is 0.801. The van der Waals surface area contributed by atoms with Gasteiger partial charge < -0.3 is 15.8 Å². The molecule has 0 aliphatic carbocycles. The van der Waals surface area contributed by atoms with Gasteiger partial charge in [-0.1, -0.05) is 12.2 Å². The summed E-state index contributed by atoms with van der Waals surface area (Å²) in [7, 11) is 0. The molecular formula is C12H18N4OS. The van der Waals surface area contributed by atoms with E-state index in [1.807, 2.05) is 0 Å². The van der Waals surface area contributed by atoms with Gasteiger partial charge in [0.2, 0.25) is 0 Å². The van der Waals surface area contributed by atoms with Gasteiger partial charge in [0.05, 0.1) is 5.56 Å². The smallest absolute Gasteiger partial charge is 0.139 e. The monoisotopic (exact) mass is 266 g/mol. The van der Waals surface area contributed by atoms with Crippen LogP contribution >= 0.6 is 12.2 Å². The molecule has 98 valence electrons. The van der Waals surface area contributed by atoms with E-state index in [9.17, 15) is 0 Å². The maximum absolute atomic E-state index is 5.66. The van der Waals surface area contributed by atoms with E-state index < -0.39 is 0 Å². The van der Waals surface area contributed by atoms with E-state index in [1.165, 1.54) is 6.33 Å². The molecule has 5 nitrogen and oxygen atoms in total. The van der Waals surface area contributed by atoms with E-state index in [2.05, 4.69) is 22.2 Å². The molecule has 18 heavy (non-hydrogen) atoms. The second kappa shape index (κ2) is 6.06. The summed E-state index contributed by atoms with van der Waals surface area (Å²) >= 11 is 5.00. The van der Waals surface area contributed by atoms with Gasteiger partial charge in [-0.2, -0.15) is 0 Å². The summed E-state index contributed by atoms with van der Waals surface area (Å²) in [4.78, 5) is 8.48. The van der Waals surface area contributed by atoms with Crippen molar-refractivity contribution in [3.63, 3.8) is 0 Å². The van der Waals surface area contributed by atoms with Crippen LogP contribution in [0.2, 0.25) is 0 Å². The summed E-state index contributed by atoms with van der Waals surface area (Å²) in [5, 5.41) is 3.39. The third-order valence-electron chi connectivity index (χ3n) is 3.32. The van der Waals surface area contributed by atoms with E-state index in [-0.39, 0.29) is 0 Å². The van der Waals surface area contributed by atoms with E-state index in [0.29, 0.717) is 22.5 Å². The number of hydrogen-bond acceptors (Lipinski definition) is 5. The molecule has 1 aliphatic heterocycles. The predicted octanol–water partition coefficient (Wildman–Crippen LogP) is 1.34. The summed E-state index contributed by atoms with van der Waals surface area (Å²) < 4.78 is 5.37. The maximum Gasteiger partial charge on any atom is 0.139 e. The average molecular weight is 266 g/mol. The van der Waals surface area contributed by atoms with E-state index in [0.717, 1.165) is 31.9 Å². The molecule has 1 aliphatic rings. The van der Waals surface area contributed by atoms with Gasteiger partial charge in [-0.15, -0.1) is 0 Å². The molecule has 0 amide bonds. The van der Waals surface area contributed by atoms with Gasteiger partial charge in [-0.25, -0.2) is 9.97 Å². The molecule has 1 aromatic heterocycles. The minimum atomic E-state index is 0.317. The number of ether oxygens (including phenoxy) is 1. The largest absolute Gasteiger partial charge is 0.389 e. The Labute approximate surface area is 112 Å². The van der Waals surface area contributed by atoms with Crippen molar-refractivity contribution < 1.29 is 4.74 Å². The first-order valence-electron chi connectivity index (χ1n) is 6.12. The van der Waals surface area contributed by atoms with Crippen LogP contribution in [0.15, 0.2) is 12.5 Å². The highest BCUT2D eigenvalue weighted by atomic mass is 32.1. The Bertz CT molecular complexity index is 420. The molecule has 0 radical (unpaired) electrons. The average Bonchev–Trinajstić information content (AvgIpc) is 2.40. The second-order valence-electron chi connectivity index (χ2n) is 4.53. The molecule has 0 spiro atoms. The summed E-state index contributed by atoms with van der Waals surface area (Å²) in [6, 6.07) is 0.317. The molecule has 2 heterocycles. The molecule has 0 aromatic carbocycles. The lowest BCUT2D eigenvalue weighted by atomic mass is 9.93. The van der Waals surface area contributed by atoms with Crippen molar-refractivity contribution in [3.05, 3.63) is 18.1 Å². The van der Waals surface area contributed by atoms with E-state index >= 15 is 0 Å². The third kappa shape index (κ3) is 3.14. The topological polar surface area (TPSA) is 73.1 Å². The first kappa shape index (κ1) is 13.2. The highest BCUT2D eigenvalue weighted by Crippen LogP contribution is 2.22. The predicted molar refractivity (Wildman–Crippen MR) is 74.5 cm³/mol. The number of anilines is 1. The van der Waals surface area contributed by atoms with Crippen LogP contribution in [0.25, 0.3) is 0 Å². The van der Waals surface area contributed by atoms with Crippen molar-refractivity contribution in [2.75, 3.05) is 18.5 Å². The zero-order chi connectivity index (χ0) is 13.0. The van der Waals surface area contributed by atoms with Crippen LogP contribution in [0.1, 0.15) is 25.3 Å². The number of nitrogens with two attached hydrogens (primary N) is 1. The Hall–Kier alpha value is -1.27. The number of rotatable bonds is 4. The number of nitrogens with zero attached hydrogens (tertiary/aromatic N) is 2. The molecule has 3 N–H and O–H groups in total. The lowest BCUT2D eigenvalue weighted by Crippen LogP contribution is -2.32. The van der Waals surface area contributed by atoms with Gasteiger partial charge >= 0.3 is 0 Å². The molecule has 1 atom stereocenters. The molecule has 1 aromatic rings. The number of nitrogens with one attached hydrogen (secondary N) is 1. The Morgan fingerprint density at radius 1 is 1.56 bits per heavy atom. The van der Waals surface area contributed by atoms with Crippen molar-refractivity contribution in [1.29, 1.82) is 0 Å². The summed E-state index contributed by atoms with van der Waals surface area (Å²) in [5.41, 5.74) is 6.36. The van der Waals surface area contributed by atoms with E-state index in [1.54, 1.807) is 6.20 Å². The molecule has 1 unspecified atom stereocenters. The highest BCUT2D eigenvalue weighted by molar-refractivity contribution is 7.80. The lowest BCUT2D eigenvalue weighted by molar-refractivity contribution is 0.0622. The zero-order valence-corrected chi connectivity index (χ0v) is 11.2. The van der Waals surface area contributed by atoms with Crippen molar-refractivity contribution in [2.45, 2.75) is 25.8 Å². The standard InChI is InChI=1S/C12H18N4OS/c1-8(9-2-4-17-5-3-9)16-12-10(11(13)18)6-14-7-15-12/h6-9H,2-5H2,1H3,(H2,13,18)(H,14,15,16). The minimum absolute atomic E-state index is 0.317. The first-order valence-corrected chi connectivity index (χ1v) is 6.53. The van der Waals surface area contributed by atoms with Crippen molar-refractivity contribution in [3.8, 4) is 0 Å². The number of hydrogen-bond donors (Lipinski definition) is 2. The van der Waals surface area contributed by atoms with Crippen molar-refractivity contribution in [2.24, 2.45) is 11.7 Å². The van der Waals surface area contributed by atoms with Gasteiger partial charge in [0.15, 0.2) is 0 Å². The van der Waals surface area contributed by atoms with Crippen LogP contribution in [0, 0.1) is 5.92 Å². The highest BCUT2D eigenvalue weighted by Gasteiger charge is 2.21. The molecule has 0 bridgehead atoms. The van der Waals surface area contributed by atoms with Crippen LogP contribution in [-0.2, 0) is 4.74 Å². The fraction of sp³-hybridized carbons (Fsp3) is 0.583. The van der Waals surface area contributed by atoms with E-state index in [4.69, 9.17) is 22.7 Å². The van der Waals surface area contributed by atoms with Crippen molar-refractivity contribution in [1.82, 2.24) is 9.97 Å². The molecule has 1 fully saturated rings. The molecular weight excluding hydrogens is 248 g/mol. The number of aromatic nitrogens is 2. The SMILES string of the molecule is CC(Nc1ncncc1C(N)=S)C1CCOCC1. The first-order chi connectivity index (χ1) is 8.68. The van der Waals surface area contributed by atoms with Gasteiger partial charge in [0.25, 0.3) is 0 Å². The van der Waals surface area contributed by atoms with Gasteiger partial charge in [0, 0.05) is 25.5 Å². The second-order valence-corrected chi connectivity index (χ2v) is 4.97. The van der Waals surface area contributed by atoms with Crippen LogP contribution in [0.4, 0.5) is 5.82 Å². The maximum atomic E-state index is 5.66. The zero-order valence-electron chi connectivity index (χ0n) is 10.4. The summed E-state index contributed by atoms with van der Waals surface area (Å²) in [6.45, 7) is 3.83. The Morgan fingerprint density at radius 3 is 2.94 bits per heavy atom. The minimum Gasteiger partial charge on any atom is -0.389 e. The lowest BCUT2D eigenvalue weighted by Gasteiger charge is -2.29. The van der Waals surface area contributed by atoms with Crippen LogP contribution in [0.5, 0.6) is 0 Å². The van der Waals surface area contributed by atoms with Gasteiger partial charge in [-0.3, -0.25) is 0 Å². The molecule has 1 saturated heterocycles. The van der Waals surface area contributed by atoms with Crippen LogP contribution in [0.3, 0.4) is 0 Å². The normalized spacial score (nSPS) is 18.3. The molecule has 6 heteroatoms. The van der Waals surface area contributed by atoms with Gasteiger partial charge in [0.1, 0.15) is 17.1 Å². The summed E-state index contributed by atoms with van der Waals surface area (Å²) in [5.74, 6) is 1.31. The van der Waals surface area contributed by atoms with Crippen molar-refractivity contribution >= 4 is 23.0 Å². The molecule has 0 saturated carbocycles. The molecule has 2 rings (SSSR count).